The van der Waals surface area contributed by atoms with E-state index in [1.807, 2.05) is 6.92 Å². The summed E-state index contributed by atoms with van der Waals surface area (Å²) in [7, 11) is 0. The van der Waals surface area contributed by atoms with Crippen LogP contribution in [0.5, 0.6) is 5.75 Å². The Hall–Kier alpha value is -1.33. The zero-order valence-electron chi connectivity index (χ0n) is 11.4. The molecule has 0 spiro atoms. The van der Waals surface area contributed by atoms with E-state index in [0.717, 1.165) is 12.8 Å². The maximum atomic E-state index is 12.7. The van der Waals surface area contributed by atoms with E-state index in [4.69, 9.17) is 10.5 Å². The van der Waals surface area contributed by atoms with Crippen molar-refractivity contribution in [1.82, 2.24) is 5.32 Å². The number of carbonyl (C=O) groups excluding carboxylic acids is 1. The first-order chi connectivity index (χ1) is 9.03. The number of benzene rings is 1. The number of ether oxygens (including phenoxy) is 1. The Labute approximate surface area is 124 Å². The minimum absolute atomic E-state index is 0. The molecule has 4 nitrogen and oxygen atoms in total. The van der Waals surface area contributed by atoms with Crippen LogP contribution in [-0.4, -0.2) is 24.6 Å². The fraction of sp³-hybridized carbons (Fsp3) is 0.500. The molecule has 1 amide bonds. The third-order valence-corrected chi connectivity index (χ3v) is 3.51. The lowest BCUT2D eigenvalue weighted by molar-refractivity contribution is -0.125. The fourth-order valence-electron chi connectivity index (χ4n) is 2.07. The molecule has 6 heteroatoms. The van der Waals surface area contributed by atoms with Gasteiger partial charge in [-0.2, -0.15) is 0 Å². The van der Waals surface area contributed by atoms with Gasteiger partial charge in [-0.15, -0.1) is 12.4 Å². The van der Waals surface area contributed by atoms with Crippen LogP contribution < -0.4 is 15.8 Å². The number of halogens is 2. The lowest BCUT2D eigenvalue weighted by atomic mass is 9.96. The summed E-state index contributed by atoms with van der Waals surface area (Å²) in [4.78, 5) is 11.8. The van der Waals surface area contributed by atoms with Gasteiger partial charge < -0.3 is 15.8 Å². The van der Waals surface area contributed by atoms with Crippen LogP contribution in [0, 0.1) is 11.7 Å². The molecule has 1 aromatic carbocycles. The summed E-state index contributed by atoms with van der Waals surface area (Å²) in [5.41, 5.74) is 5.38. The predicted octanol–water partition coefficient (Wildman–Crippen LogP) is 1.87. The van der Waals surface area contributed by atoms with Crippen LogP contribution in [-0.2, 0) is 4.79 Å². The second-order valence-corrected chi connectivity index (χ2v) is 5.19. The quantitative estimate of drug-likeness (QED) is 0.843. The van der Waals surface area contributed by atoms with Gasteiger partial charge in [-0.1, -0.05) is 0 Å². The Bertz CT molecular complexity index is 451. The molecule has 0 heterocycles. The second-order valence-electron chi connectivity index (χ2n) is 5.19. The van der Waals surface area contributed by atoms with Crippen LogP contribution in [0.3, 0.4) is 0 Å². The molecule has 0 aliphatic heterocycles. The highest BCUT2D eigenvalue weighted by Crippen LogP contribution is 2.38. The van der Waals surface area contributed by atoms with Gasteiger partial charge >= 0.3 is 0 Å². The van der Waals surface area contributed by atoms with Crippen molar-refractivity contribution in [2.24, 2.45) is 11.7 Å². The van der Waals surface area contributed by atoms with Crippen molar-refractivity contribution >= 4 is 18.3 Å². The van der Waals surface area contributed by atoms with Gasteiger partial charge in [0.05, 0.1) is 5.54 Å². The molecule has 1 aliphatic carbocycles. The van der Waals surface area contributed by atoms with Gasteiger partial charge in [-0.3, -0.25) is 4.79 Å². The highest BCUT2D eigenvalue weighted by Gasteiger charge is 2.41. The standard InChI is InChI=1S/C14H19FN2O2.ClH/c1-14(9-16,10-2-3-10)17-13(18)8-19-12-6-4-11(15)5-7-12;/h4-7,10H,2-3,8-9,16H2,1H3,(H,17,18);1H. The zero-order chi connectivity index (χ0) is 13.9. The SMILES string of the molecule is CC(CN)(NC(=O)COc1ccc(F)cc1)C1CC1.Cl. The molecule has 20 heavy (non-hydrogen) atoms. The Morgan fingerprint density at radius 2 is 2.05 bits per heavy atom. The third-order valence-electron chi connectivity index (χ3n) is 3.51. The number of nitrogens with one attached hydrogen (secondary N) is 1. The smallest absolute Gasteiger partial charge is 0.258 e. The lowest BCUT2D eigenvalue weighted by Gasteiger charge is -2.29. The second kappa shape index (κ2) is 6.90. The van der Waals surface area contributed by atoms with Crippen LogP contribution in [0.1, 0.15) is 19.8 Å². The van der Waals surface area contributed by atoms with E-state index in [1.54, 1.807) is 0 Å². The minimum Gasteiger partial charge on any atom is -0.484 e. The van der Waals surface area contributed by atoms with Gasteiger partial charge in [0, 0.05) is 6.54 Å². The molecule has 1 aromatic rings. The fourth-order valence-corrected chi connectivity index (χ4v) is 2.07. The molecular weight excluding hydrogens is 283 g/mol. The zero-order valence-corrected chi connectivity index (χ0v) is 12.2. The van der Waals surface area contributed by atoms with Crippen molar-refractivity contribution < 1.29 is 13.9 Å². The molecule has 1 atom stereocenters. The van der Waals surface area contributed by atoms with E-state index in [9.17, 15) is 9.18 Å². The van der Waals surface area contributed by atoms with Crippen LogP contribution in [0.25, 0.3) is 0 Å². The van der Waals surface area contributed by atoms with Gasteiger partial charge in [-0.05, 0) is 49.9 Å². The van der Waals surface area contributed by atoms with Crippen molar-refractivity contribution in [3.8, 4) is 5.75 Å². The summed E-state index contributed by atoms with van der Waals surface area (Å²) >= 11 is 0. The monoisotopic (exact) mass is 302 g/mol. The maximum Gasteiger partial charge on any atom is 0.258 e. The predicted molar refractivity (Wildman–Crippen MR) is 77.5 cm³/mol. The van der Waals surface area contributed by atoms with Gasteiger partial charge in [-0.25, -0.2) is 4.39 Å². The summed E-state index contributed by atoms with van der Waals surface area (Å²) in [6, 6.07) is 5.57. The van der Waals surface area contributed by atoms with Gasteiger partial charge in [0.25, 0.3) is 5.91 Å². The summed E-state index contributed by atoms with van der Waals surface area (Å²) in [6.07, 6.45) is 2.21. The lowest BCUT2D eigenvalue weighted by Crippen LogP contribution is -2.54. The Morgan fingerprint density at radius 1 is 1.45 bits per heavy atom. The van der Waals surface area contributed by atoms with E-state index in [2.05, 4.69) is 5.32 Å². The average Bonchev–Trinajstić information content (AvgIpc) is 3.22. The van der Waals surface area contributed by atoms with Gasteiger partial charge in [0.1, 0.15) is 11.6 Å². The molecule has 1 unspecified atom stereocenters. The Balaban J connectivity index is 0.00000200. The van der Waals surface area contributed by atoms with Gasteiger partial charge in [0.15, 0.2) is 6.61 Å². The summed E-state index contributed by atoms with van der Waals surface area (Å²) in [6.45, 7) is 2.29. The normalized spacial score (nSPS) is 16.8. The van der Waals surface area contributed by atoms with Crippen molar-refractivity contribution in [3.63, 3.8) is 0 Å². The molecular formula is C14H20ClFN2O2. The number of nitrogens with two attached hydrogens (primary N) is 1. The van der Waals surface area contributed by atoms with Crippen molar-refractivity contribution in [1.29, 1.82) is 0 Å². The first-order valence-corrected chi connectivity index (χ1v) is 6.43. The third kappa shape index (κ3) is 4.35. The Morgan fingerprint density at radius 3 is 2.55 bits per heavy atom. The number of carbonyl (C=O) groups is 1. The van der Waals surface area contributed by atoms with Crippen molar-refractivity contribution in [3.05, 3.63) is 30.1 Å². The van der Waals surface area contributed by atoms with Crippen LogP contribution in [0.4, 0.5) is 4.39 Å². The van der Waals surface area contributed by atoms with E-state index >= 15 is 0 Å². The molecule has 112 valence electrons. The van der Waals surface area contributed by atoms with E-state index in [1.165, 1.54) is 24.3 Å². The first-order valence-electron chi connectivity index (χ1n) is 6.43. The molecule has 1 fully saturated rings. The topological polar surface area (TPSA) is 64.3 Å². The minimum atomic E-state index is -0.344. The number of hydrogen-bond donors (Lipinski definition) is 2. The summed E-state index contributed by atoms with van der Waals surface area (Å²) in [5.74, 6) is 0.398. The number of rotatable bonds is 6. The molecule has 1 saturated carbocycles. The Kier molecular flexibility index (Phi) is 5.77. The van der Waals surface area contributed by atoms with Crippen LogP contribution >= 0.6 is 12.4 Å². The molecule has 0 radical (unpaired) electrons. The van der Waals surface area contributed by atoms with E-state index in [-0.39, 0.29) is 36.3 Å². The molecule has 0 aromatic heterocycles. The molecule has 3 N–H and O–H groups in total. The molecule has 1 aliphatic rings. The highest BCUT2D eigenvalue weighted by atomic mass is 35.5. The highest BCUT2D eigenvalue weighted by molar-refractivity contribution is 5.85. The van der Waals surface area contributed by atoms with Crippen molar-refractivity contribution in [2.75, 3.05) is 13.2 Å². The molecule has 0 saturated heterocycles. The van der Waals surface area contributed by atoms with Crippen LogP contribution in [0.15, 0.2) is 24.3 Å². The largest absolute Gasteiger partial charge is 0.484 e. The van der Waals surface area contributed by atoms with E-state index in [0.29, 0.717) is 18.2 Å². The summed E-state index contributed by atoms with van der Waals surface area (Å²) in [5, 5.41) is 2.92. The average molecular weight is 303 g/mol. The van der Waals surface area contributed by atoms with Gasteiger partial charge in [0.2, 0.25) is 0 Å². The van der Waals surface area contributed by atoms with E-state index < -0.39 is 0 Å². The molecule has 2 rings (SSSR count). The van der Waals surface area contributed by atoms with Crippen LogP contribution in [0.2, 0.25) is 0 Å². The number of amides is 1. The first kappa shape index (κ1) is 16.7. The number of hydrogen-bond acceptors (Lipinski definition) is 3. The summed E-state index contributed by atoms with van der Waals surface area (Å²) < 4.78 is 18.0. The maximum absolute atomic E-state index is 12.7. The van der Waals surface area contributed by atoms with Crippen molar-refractivity contribution in [2.45, 2.75) is 25.3 Å². The molecule has 0 bridgehead atoms.